The Morgan fingerprint density at radius 2 is 0.688 bits per heavy atom. The first-order valence-corrected chi connectivity index (χ1v) is 23.0. The van der Waals surface area contributed by atoms with Crippen molar-refractivity contribution in [1.82, 2.24) is 0 Å². The van der Waals surface area contributed by atoms with Gasteiger partial charge >= 0.3 is 113 Å². The van der Waals surface area contributed by atoms with E-state index in [1.807, 2.05) is 0 Å². The molecular formula is C12H33GaSi3. The van der Waals surface area contributed by atoms with Gasteiger partial charge in [-0.05, 0) is 0 Å². The Hall–Kier alpha value is 1.29. The van der Waals surface area contributed by atoms with Crippen LogP contribution in [0.3, 0.4) is 0 Å². The van der Waals surface area contributed by atoms with Gasteiger partial charge in [0.1, 0.15) is 0 Å². The Kier molecular flexibility index (Phi) is 6.43. The normalized spacial score (nSPS) is 14.1. The maximum absolute atomic E-state index is 2.58. The summed E-state index contributed by atoms with van der Waals surface area (Å²) in [6.07, 6.45) is 0. The summed E-state index contributed by atoms with van der Waals surface area (Å²) in [5, 5.41) is 0. The van der Waals surface area contributed by atoms with Crippen molar-refractivity contribution in [1.29, 1.82) is 0 Å². The first-order chi connectivity index (χ1) is 6.79. The second-order valence-electron chi connectivity index (χ2n) is 9.16. The van der Waals surface area contributed by atoms with E-state index in [0.717, 1.165) is 0 Å². The van der Waals surface area contributed by atoms with Gasteiger partial charge in [0.25, 0.3) is 0 Å². The van der Waals surface area contributed by atoms with Gasteiger partial charge in [-0.15, -0.1) is 0 Å². The van der Waals surface area contributed by atoms with Crippen molar-refractivity contribution in [2.75, 3.05) is 0 Å². The molecule has 0 aromatic carbocycles. The monoisotopic (exact) mass is 330 g/mol. The minimum absolute atomic E-state index is 0.792. The number of hydrogen-bond acceptors (Lipinski definition) is 0. The van der Waals surface area contributed by atoms with Crippen LogP contribution < -0.4 is 0 Å². The molecule has 4 heteroatoms. The molecule has 0 atom stereocenters. The van der Waals surface area contributed by atoms with Crippen molar-refractivity contribution in [3.8, 4) is 0 Å². The number of rotatable bonds is 6. The van der Waals surface area contributed by atoms with Crippen molar-refractivity contribution in [3.05, 3.63) is 0 Å². The molecule has 0 amide bonds. The van der Waals surface area contributed by atoms with Gasteiger partial charge in [-0.2, -0.15) is 0 Å². The van der Waals surface area contributed by atoms with Crippen LogP contribution in [0.4, 0.5) is 0 Å². The summed E-state index contributed by atoms with van der Waals surface area (Å²) in [5.74, 6) is 0. The van der Waals surface area contributed by atoms with Crippen molar-refractivity contribution in [2.24, 2.45) is 0 Å². The van der Waals surface area contributed by atoms with E-state index in [9.17, 15) is 0 Å². The van der Waals surface area contributed by atoms with Crippen molar-refractivity contribution >= 4 is 40.4 Å². The molecule has 0 unspecified atom stereocenters. The van der Waals surface area contributed by atoms with Crippen LogP contribution in [0.1, 0.15) is 0 Å². The Morgan fingerprint density at radius 1 is 0.500 bits per heavy atom. The molecule has 0 aliphatic carbocycles. The molecule has 0 rings (SSSR count). The van der Waals surface area contributed by atoms with Gasteiger partial charge in [-0.1, -0.05) is 0 Å². The molecule has 0 saturated carbocycles. The standard InChI is InChI=1S/3C4H11Si.Ga/c3*1-5(2,3)4;/h3*1H2,2-4H3;. The van der Waals surface area contributed by atoms with Crippen LogP contribution in [0.15, 0.2) is 0 Å². The third-order valence-electron chi connectivity index (χ3n) is 2.70. The molecule has 0 radical (unpaired) electrons. The van der Waals surface area contributed by atoms with Gasteiger partial charge in [0, 0.05) is 0 Å². The third kappa shape index (κ3) is 11.8. The quantitative estimate of drug-likeness (QED) is 0.593. The fourth-order valence-electron chi connectivity index (χ4n) is 2.81. The second-order valence-corrected chi connectivity index (χ2v) is 37.1. The molecule has 96 valence electrons. The molecule has 16 heavy (non-hydrogen) atoms. The maximum atomic E-state index is 2.58. The summed E-state index contributed by atoms with van der Waals surface area (Å²) < 4.78 is 5.23. The molecule has 0 saturated heterocycles. The van der Waals surface area contributed by atoms with E-state index in [4.69, 9.17) is 0 Å². The van der Waals surface area contributed by atoms with Crippen molar-refractivity contribution < 1.29 is 0 Å². The third-order valence-corrected chi connectivity index (χ3v) is 42.1. The average Bonchev–Trinajstić information content (AvgIpc) is 1.70. The molecule has 0 aromatic heterocycles. The van der Waals surface area contributed by atoms with E-state index < -0.39 is 40.4 Å². The van der Waals surface area contributed by atoms with Crippen molar-refractivity contribution in [2.45, 2.75) is 72.7 Å². The molecular weight excluding hydrogens is 298 g/mol. The first-order valence-electron chi connectivity index (χ1n) is 6.79. The minimum atomic E-state index is -0.938. The first kappa shape index (κ1) is 17.3. The molecule has 0 spiro atoms. The van der Waals surface area contributed by atoms with E-state index >= 15 is 0 Å². The van der Waals surface area contributed by atoms with Gasteiger partial charge in [0.2, 0.25) is 0 Å². The number of hydrogen-bond donors (Lipinski definition) is 0. The molecule has 0 aromatic rings. The van der Waals surface area contributed by atoms with Crippen LogP contribution in [0.25, 0.3) is 0 Å². The van der Waals surface area contributed by atoms with Crippen LogP contribution in [0, 0.1) is 0 Å². The van der Waals surface area contributed by atoms with Crippen LogP contribution in [-0.2, 0) is 0 Å². The molecule has 0 bridgehead atoms. The van der Waals surface area contributed by atoms with Crippen LogP contribution >= 0.6 is 0 Å². The summed E-state index contributed by atoms with van der Waals surface area (Å²) in [6.45, 7) is 23.2. The van der Waals surface area contributed by atoms with E-state index in [0.29, 0.717) is 0 Å². The van der Waals surface area contributed by atoms with Crippen LogP contribution in [-0.4, -0.2) is 40.4 Å². The molecule has 0 nitrogen and oxygen atoms in total. The molecule has 0 aliphatic heterocycles. The van der Waals surface area contributed by atoms with Crippen LogP contribution in [0.2, 0.25) is 72.7 Å². The Labute approximate surface area is 113 Å². The van der Waals surface area contributed by atoms with Gasteiger partial charge < -0.3 is 0 Å². The fraction of sp³-hybridized carbons (Fsp3) is 1.00. The Morgan fingerprint density at radius 3 is 0.812 bits per heavy atom. The van der Waals surface area contributed by atoms with Crippen molar-refractivity contribution in [3.63, 3.8) is 0 Å². The summed E-state index contributed by atoms with van der Waals surface area (Å²) in [5.41, 5.74) is 0. The van der Waals surface area contributed by atoms with Gasteiger partial charge in [0.05, 0.1) is 0 Å². The SMILES string of the molecule is C[Si](C)(C)[CH2][Ga]([CH2][Si](C)(C)C)[CH2][Si](C)(C)C. The predicted octanol–water partition coefficient (Wildman–Crippen LogP) is 5.11. The second kappa shape index (κ2) is 5.95. The zero-order valence-electron chi connectivity index (χ0n) is 13.2. The topological polar surface area (TPSA) is 0 Å². The zero-order valence-corrected chi connectivity index (χ0v) is 18.6. The molecule has 0 fully saturated rings. The average molecular weight is 331 g/mol. The predicted molar refractivity (Wildman–Crippen MR) is 90.2 cm³/mol. The molecule has 0 aliphatic rings. The summed E-state index contributed by atoms with van der Waals surface area (Å²) in [7, 11) is -2.38. The van der Waals surface area contributed by atoms with Gasteiger partial charge in [0.15, 0.2) is 0 Å². The summed E-state index contributed by atoms with van der Waals surface area (Å²) >= 11 is -0.938. The van der Waals surface area contributed by atoms with E-state index in [1.165, 1.54) is 0 Å². The van der Waals surface area contributed by atoms with E-state index in [-0.39, 0.29) is 0 Å². The Balaban J connectivity index is 4.53. The fourth-order valence-corrected chi connectivity index (χ4v) is 50.6. The summed E-state index contributed by atoms with van der Waals surface area (Å²) in [6, 6.07) is 0. The van der Waals surface area contributed by atoms with E-state index in [1.54, 1.807) is 13.8 Å². The molecule has 0 N–H and O–H groups in total. The van der Waals surface area contributed by atoms with Crippen LogP contribution in [0.5, 0.6) is 0 Å². The summed E-state index contributed by atoms with van der Waals surface area (Å²) in [4.78, 5) is 0. The Bertz CT molecular complexity index is 170. The zero-order chi connectivity index (χ0) is 13.2. The molecule has 0 heterocycles. The van der Waals surface area contributed by atoms with E-state index in [2.05, 4.69) is 58.9 Å². The van der Waals surface area contributed by atoms with Gasteiger partial charge in [-0.3, -0.25) is 0 Å². The van der Waals surface area contributed by atoms with Gasteiger partial charge in [-0.25, -0.2) is 0 Å².